The molecule has 3 rings (SSSR count). The highest BCUT2D eigenvalue weighted by Gasteiger charge is 2.13. The lowest BCUT2D eigenvalue weighted by atomic mass is 10.1. The van der Waals surface area contributed by atoms with Crippen molar-refractivity contribution >= 4 is 33.4 Å². The molecule has 1 aliphatic rings. The van der Waals surface area contributed by atoms with Crippen molar-refractivity contribution in [2.24, 2.45) is 0 Å². The number of hydrogen-bond acceptors (Lipinski definition) is 2. The minimum absolute atomic E-state index is 0.167. The van der Waals surface area contributed by atoms with Crippen LogP contribution >= 0.6 is 27.5 Å². The van der Waals surface area contributed by atoms with E-state index in [2.05, 4.69) is 44.8 Å². The summed E-state index contributed by atoms with van der Waals surface area (Å²) >= 11 is 9.46. The third kappa shape index (κ3) is 3.12. The molecule has 21 heavy (non-hydrogen) atoms. The van der Waals surface area contributed by atoms with Gasteiger partial charge in [-0.15, -0.1) is 0 Å². The molecular formula is C16H14BrClN2O. The Labute approximate surface area is 136 Å². The van der Waals surface area contributed by atoms with E-state index in [4.69, 9.17) is 11.6 Å². The smallest absolute Gasteiger partial charge is 0.253 e. The SMILES string of the molecule is O=C(NCc1ccc2c(c1)CNC2)c1cccc(Br)c1Cl. The normalized spacial score (nSPS) is 13.0. The molecule has 108 valence electrons. The molecule has 1 heterocycles. The number of carbonyl (C=O) groups excluding carboxylic acids is 1. The number of rotatable bonds is 3. The number of benzene rings is 2. The van der Waals surface area contributed by atoms with Crippen molar-refractivity contribution in [2.75, 3.05) is 0 Å². The van der Waals surface area contributed by atoms with Crippen molar-refractivity contribution in [2.45, 2.75) is 19.6 Å². The van der Waals surface area contributed by atoms with E-state index in [0.717, 1.165) is 23.1 Å². The number of hydrogen-bond donors (Lipinski definition) is 2. The zero-order valence-corrected chi connectivity index (χ0v) is 13.6. The maximum Gasteiger partial charge on any atom is 0.253 e. The Kier molecular flexibility index (Phi) is 4.29. The fraction of sp³-hybridized carbons (Fsp3) is 0.188. The molecule has 0 spiro atoms. The molecule has 0 aliphatic carbocycles. The summed E-state index contributed by atoms with van der Waals surface area (Å²) in [6.07, 6.45) is 0. The molecule has 0 fully saturated rings. The summed E-state index contributed by atoms with van der Waals surface area (Å²) in [6, 6.07) is 11.6. The maximum absolute atomic E-state index is 12.2. The van der Waals surface area contributed by atoms with Gasteiger partial charge in [-0.3, -0.25) is 4.79 Å². The lowest BCUT2D eigenvalue weighted by Gasteiger charge is -2.09. The van der Waals surface area contributed by atoms with E-state index in [0.29, 0.717) is 17.1 Å². The molecule has 0 radical (unpaired) electrons. The topological polar surface area (TPSA) is 41.1 Å². The van der Waals surface area contributed by atoms with Crippen LogP contribution in [0.25, 0.3) is 0 Å². The Balaban J connectivity index is 1.70. The number of amides is 1. The summed E-state index contributed by atoms with van der Waals surface area (Å²) in [4.78, 5) is 12.2. The highest BCUT2D eigenvalue weighted by molar-refractivity contribution is 9.10. The Bertz CT molecular complexity index is 703. The predicted octanol–water partition coefficient (Wildman–Crippen LogP) is 3.64. The van der Waals surface area contributed by atoms with E-state index >= 15 is 0 Å². The van der Waals surface area contributed by atoms with Gasteiger partial charge < -0.3 is 10.6 Å². The lowest BCUT2D eigenvalue weighted by Crippen LogP contribution is -2.23. The standard InChI is InChI=1S/C16H14BrClN2O/c17-14-3-1-2-13(15(14)18)16(21)20-7-10-4-5-11-8-19-9-12(11)6-10/h1-6,19H,7-9H2,(H,20,21). The van der Waals surface area contributed by atoms with Crippen molar-refractivity contribution in [1.82, 2.24) is 10.6 Å². The fourth-order valence-electron chi connectivity index (χ4n) is 2.41. The van der Waals surface area contributed by atoms with Crippen LogP contribution in [0.3, 0.4) is 0 Å². The van der Waals surface area contributed by atoms with Crippen LogP contribution in [-0.2, 0) is 19.6 Å². The third-order valence-corrected chi connectivity index (χ3v) is 4.85. The van der Waals surface area contributed by atoms with Crippen molar-refractivity contribution in [3.63, 3.8) is 0 Å². The van der Waals surface area contributed by atoms with Crippen LogP contribution in [0.2, 0.25) is 5.02 Å². The minimum Gasteiger partial charge on any atom is -0.348 e. The molecule has 0 saturated carbocycles. The van der Waals surface area contributed by atoms with E-state index in [1.807, 2.05) is 6.07 Å². The molecule has 0 unspecified atom stereocenters. The number of halogens is 2. The van der Waals surface area contributed by atoms with Gasteiger partial charge in [-0.25, -0.2) is 0 Å². The van der Waals surface area contributed by atoms with E-state index in [9.17, 15) is 4.79 Å². The number of carbonyl (C=O) groups is 1. The molecule has 1 amide bonds. The van der Waals surface area contributed by atoms with E-state index in [-0.39, 0.29) is 5.91 Å². The van der Waals surface area contributed by atoms with Gasteiger partial charge in [-0.2, -0.15) is 0 Å². The Morgan fingerprint density at radius 3 is 2.90 bits per heavy atom. The van der Waals surface area contributed by atoms with Crippen molar-refractivity contribution in [3.05, 3.63) is 68.1 Å². The molecule has 0 aromatic heterocycles. The van der Waals surface area contributed by atoms with Gasteiger partial charge in [0.2, 0.25) is 0 Å². The van der Waals surface area contributed by atoms with Crippen LogP contribution in [-0.4, -0.2) is 5.91 Å². The maximum atomic E-state index is 12.2. The zero-order chi connectivity index (χ0) is 14.8. The molecular weight excluding hydrogens is 352 g/mol. The summed E-state index contributed by atoms with van der Waals surface area (Å²) < 4.78 is 0.723. The first kappa shape index (κ1) is 14.6. The Hall–Kier alpha value is -1.36. The second-order valence-electron chi connectivity index (χ2n) is 4.99. The van der Waals surface area contributed by atoms with E-state index in [1.54, 1.807) is 12.1 Å². The molecule has 1 aliphatic heterocycles. The van der Waals surface area contributed by atoms with Gasteiger partial charge in [0.15, 0.2) is 0 Å². The monoisotopic (exact) mass is 364 g/mol. The fourth-order valence-corrected chi connectivity index (χ4v) is 2.99. The molecule has 0 saturated heterocycles. The van der Waals surface area contributed by atoms with Gasteiger partial charge in [0.25, 0.3) is 5.91 Å². The predicted molar refractivity (Wildman–Crippen MR) is 87.3 cm³/mol. The first-order valence-corrected chi connectivity index (χ1v) is 7.86. The van der Waals surface area contributed by atoms with Gasteiger partial charge in [-0.1, -0.05) is 35.9 Å². The molecule has 5 heteroatoms. The van der Waals surface area contributed by atoms with Crippen molar-refractivity contribution in [3.8, 4) is 0 Å². The summed E-state index contributed by atoms with van der Waals surface area (Å²) in [6.45, 7) is 2.32. The van der Waals surface area contributed by atoms with E-state index in [1.165, 1.54) is 11.1 Å². The van der Waals surface area contributed by atoms with Gasteiger partial charge in [-0.05, 0) is 44.8 Å². The highest BCUT2D eigenvalue weighted by atomic mass is 79.9. The lowest BCUT2D eigenvalue weighted by molar-refractivity contribution is 0.0951. The second kappa shape index (κ2) is 6.18. The van der Waals surface area contributed by atoms with Crippen LogP contribution in [0.15, 0.2) is 40.9 Å². The first-order chi connectivity index (χ1) is 10.1. The molecule has 2 N–H and O–H groups in total. The van der Waals surface area contributed by atoms with Gasteiger partial charge >= 0.3 is 0 Å². The van der Waals surface area contributed by atoms with Crippen molar-refractivity contribution < 1.29 is 4.79 Å². The molecule has 2 aromatic carbocycles. The number of fused-ring (bicyclic) bond motifs is 1. The van der Waals surface area contributed by atoms with Crippen LogP contribution < -0.4 is 10.6 Å². The molecule has 0 bridgehead atoms. The molecule has 2 aromatic rings. The number of nitrogens with one attached hydrogen (secondary N) is 2. The summed E-state index contributed by atoms with van der Waals surface area (Å²) in [5.74, 6) is -0.167. The first-order valence-electron chi connectivity index (χ1n) is 6.69. The minimum atomic E-state index is -0.167. The van der Waals surface area contributed by atoms with Crippen molar-refractivity contribution in [1.29, 1.82) is 0 Å². The quantitative estimate of drug-likeness (QED) is 0.872. The average Bonchev–Trinajstić information content (AvgIpc) is 2.95. The highest BCUT2D eigenvalue weighted by Crippen LogP contribution is 2.26. The van der Waals surface area contributed by atoms with Gasteiger partial charge in [0.05, 0.1) is 10.6 Å². The summed E-state index contributed by atoms with van der Waals surface area (Å²) in [5, 5.41) is 6.66. The average molecular weight is 366 g/mol. The summed E-state index contributed by atoms with van der Waals surface area (Å²) in [5.41, 5.74) is 4.22. The zero-order valence-electron chi connectivity index (χ0n) is 11.2. The Morgan fingerprint density at radius 2 is 2.05 bits per heavy atom. The third-order valence-electron chi connectivity index (χ3n) is 3.55. The van der Waals surface area contributed by atoms with Crippen LogP contribution in [0.5, 0.6) is 0 Å². The molecule has 0 atom stereocenters. The largest absolute Gasteiger partial charge is 0.348 e. The summed E-state index contributed by atoms with van der Waals surface area (Å²) in [7, 11) is 0. The second-order valence-corrected chi connectivity index (χ2v) is 6.22. The van der Waals surface area contributed by atoms with Crippen LogP contribution in [0.1, 0.15) is 27.0 Å². The molecule has 3 nitrogen and oxygen atoms in total. The van der Waals surface area contributed by atoms with Gasteiger partial charge in [0, 0.05) is 24.1 Å². The Morgan fingerprint density at radius 1 is 1.24 bits per heavy atom. The van der Waals surface area contributed by atoms with E-state index < -0.39 is 0 Å². The van der Waals surface area contributed by atoms with Crippen LogP contribution in [0, 0.1) is 0 Å². The van der Waals surface area contributed by atoms with Gasteiger partial charge in [0.1, 0.15) is 0 Å². The van der Waals surface area contributed by atoms with Crippen LogP contribution in [0.4, 0.5) is 0 Å².